The predicted octanol–water partition coefficient (Wildman–Crippen LogP) is 3.06. The predicted molar refractivity (Wildman–Crippen MR) is 76.9 cm³/mol. The Kier molecular flexibility index (Phi) is 3.85. The summed E-state index contributed by atoms with van der Waals surface area (Å²) in [6.45, 7) is 4.06. The lowest BCUT2D eigenvalue weighted by atomic mass is 9.94. The average Bonchev–Trinajstić information content (AvgIpc) is 2.38. The highest BCUT2D eigenvalue weighted by atomic mass is 16.2. The van der Waals surface area contributed by atoms with Gasteiger partial charge in [-0.15, -0.1) is 0 Å². The van der Waals surface area contributed by atoms with Gasteiger partial charge in [0.25, 0.3) is 0 Å². The summed E-state index contributed by atoms with van der Waals surface area (Å²) in [4.78, 5) is 11.2. The smallest absolute Gasteiger partial charge is 0.312 e. The molecule has 98 valence electrons. The van der Waals surface area contributed by atoms with Crippen molar-refractivity contribution in [3.8, 4) is 0 Å². The largest absolute Gasteiger partial charge is 0.352 e. The van der Waals surface area contributed by atoms with Crippen molar-refractivity contribution in [2.45, 2.75) is 19.9 Å². The van der Waals surface area contributed by atoms with E-state index < -0.39 is 6.03 Å². The maximum Gasteiger partial charge on any atom is 0.312 e. The van der Waals surface area contributed by atoms with Gasteiger partial charge in [0.1, 0.15) is 0 Å². The minimum Gasteiger partial charge on any atom is -0.352 e. The van der Waals surface area contributed by atoms with Crippen molar-refractivity contribution in [3.05, 3.63) is 70.8 Å². The molecule has 2 amide bonds. The number of benzene rings is 2. The molecular formula is C16H18N2O. The minimum absolute atomic E-state index is 0.209. The van der Waals surface area contributed by atoms with Crippen LogP contribution in [0.15, 0.2) is 48.5 Å². The van der Waals surface area contributed by atoms with Gasteiger partial charge in [0.2, 0.25) is 0 Å². The first-order valence-electron chi connectivity index (χ1n) is 6.26. The van der Waals surface area contributed by atoms with E-state index in [4.69, 9.17) is 5.73 Å². The Balaban J connectivity index is 2.44. The zero-order valence-electron chi connectivity index (χ0n) is 11.2. The Hall–Kier alpha value is -2.29. The number of carbonyl (C=O) groups is 1. The Morgan fingerprint density at radius 3 is 2.26 bits per heavy atom. The Labute approximate surface area is 113 Å². The van der Waals surface area contributed by atoms with Gasteiger partial charge in [-0.1, -0.05) is 54.1 Å². The summed E-state index contributed by atoms with van der Waals surface area (Å²) in [6, 6.07) is 15.3. The molecule has 0 heterocycles. The highest BCUT2D eigenvalue weighted by molar-refractivity contribution is 5.73. The second-order valence-electron chi connectivity index (χ2n) is 4.71. The normalized spacial score (nSPS) is 11.9. The molecule has 0 aliphatic rings. The van der Waals surface area contributed by atoms with Crippen molar-refractivity contribution >= 4 is 6.03 Å². The molecule has 2 rings (SSSR count). The fourth-order valence-corrected chi connectivity index (χ4v) is 2.15. The highest BCUT2D eigenvalue weighted by Crippen LogP contribution is 2.24. The van der Waals surface area contributed by atoms with Crippen LogP contribution in [0.25, 0.3) is 0 Å². The maximum absolute atomic E-state index is 11.2. The lowest BCUT2D eigenvalue weighted by Crippen LogP contribution is -2.34. The number of aryl methyl sites for hydroxylation is 2. The standard InChI is InChI=1S/C16H18N2O/c1-11-7-9-13(10-8-11)15(18-16(17)19)14-6-4-3-5-12(14)2/h3-10,15H,1-2H3,(H3,17,18,19)/t15-/m0/s1. The summed E-state index contributed by atoms with van der Waals surface area (Å²) in [5, 5.41) is 2.81. The van der Waals surface area contributed by atoms with E-state index in [0.29, 0.717) is 0 Å². The third-order valence-electron chi connectivity index (χ3n) is 3.20. The molecule has 0 saturated carbocycles. The minimum atomic E-state index is -0.520. The first-order chi connectivity index (χ1) is 9.08. The SMILES string of the molecule is Cc1ccc([C@H](NC(N)=O)c2ccccc2C)cc1. The van der Waals surface area contributed by atoms with E-state index in [-0.39, 0.29) is 6.04 Å². The quantitative estimate of drug-likeness (QED) is 0.869. The first-order valence-corrected chi connectivity index (χ1v) is 6.26. The molecule has 3 heteroatoms. The number of amides is 2. The molecule has 0 aromatic heterocycles. The van der Waals surface area contributed by atoms with Crippen molar-refractivity contribution in [1.29, 1.82) is 0 Å². The molecule has 0 fully saturated rings. The van der Waals surface area contributed by atoms with Gasteiger partial charge in [-0.05, 0) is 30.5 Å². The summed E-state index contributed by atoms with van der Waals surface area (Å²) in [6.07, 6.45) is 0. The van der Waals surface area contributed by atoms with Gasteiger partial charge < -0.3 is 11.1 Å². The van der Waals surface area contributed by atoms with Gasteiger partial charge in [-0.2, -0.15) is 0 Å². The average molecular weight is 254 g/mol. The van der Waals surface area contributed by atoms with Crippen molar-refractivity contribution < 1.29 is 4.79 Å². The van der Waals surface area contributed by atoms with Crippen LogP contribution in [0.5, 0.6) is 0 Å². The molecule has 0 saturated heterocycles. The second kappa shape index (κ2) is 5.57. The molecule has 3 N–H and O–H groups in total. The summed E-state index contributed by atoms with van der Waals surface area (Å²) in [5.74, 6) is 0. The fraction of sp³-hybridized carbons (Fsp3) is 0.188. The summed E-state index contributed by atoms with van der Waals surface area (Å²) >= 11 is 0. The van der Waals surface area contributed by atoms with Crippen LogP contribution < -0.4 is 11.1 Å². The van der Waals surface area contributed by atoms with E-state index in [1.165, 1.54) is 5.56 Å². The molecule has 0 unspecified atom stereocenters. The molecule has 19 heavy (non-hydrogen) atoms. The zero-order valence-corrected chi connectivity index (χ0v) is 11.2. The number of rotatable bonds is 3. The van der Waals surface area contributed by atoms with Crippen LogP contribution in [0.4, 0.5) is 4.79 Å². The Morgan fingerprint density at radius 2 is 1.68 bits per heavy atom. The highest BCUT2D eigenvalue weighted by Gasteiger charge is 2.16. The molecule has 0 radical (unpaired) electrons. The van der Waals surface area contributed by atoms with Crippen LogP contribution in [0.3, 0.4) is 0 Å². The van der Waals surface area contributed by atoms with E-state index in [9.17, 15) is 4.79 Å². The topological polar surface area (TPSA) is 55.1 Å². The monoisotopic (exact) mass is 254 g/mol. The third-order valence-corrected chi connectivity index (χ3v) is 3.20. The molecule has 0 bridgehead atoms. The van der Waals surface area contributed by atoms with Gasteiger partial charge in [-0.3, -0.25) is 0 Å². The van der Waals surface area contributed by atoms with E-state index in [1.807, 2.05) is 62.4 Å². The van der Waals surface area contributed by atoms with Gasteiger partial charge in [0.05, 0.1) is 6.04 Å². The third kappa shape index (κ3) is 3.13. The molecular weight excluding hydrogens is 236 g/mol. The molecule has 0 aliphatic heterocycles. The molecule has 2 aromatic carbocycles. The van der Waals surface area contributed by atoms with Crippen molar-refractivity contribution in [3.63, 3.8) is 0 Å². The van der Waals surface area contributed by atoms with Crippen LogP contribution in [0.1, 0.15) is 28.3 Å². The molecule has 1 atom stereocenters. The molecule has 0 spiro atoms. The summed E-state index contributed by atoms with van der Waals surface area (Å²) in [7, 11) is 0. The van der Waals surface area contributed by atoms with Crippen molar-refractivity contribution in [1.82, 2.24) is 5.32 Å². The first kappa shape index (κ1) is 13.1. The Morgan fingerprint density at radius 1 is 1.05 bits per heavy atom. The van der Waals surface area contributed by atoms with Crippen LogP contribution in [0.2, 0.25) is 0 Å². The van der Waals surface area contributed by atoms with E-state index in [0.717, 1.165) is 16.7 Å². The van der Waals surface area contributed by atoms with E-state index in [2.05, 4.69) is 5.32 Å². The lowest BCUT2D eigenvalue weighted by Gasteiger charge is -2.20. The summed E-state index contributed by atoms with van der Waals surface area (Å²) in [5.41, 5.74) is 9.70. The number of urea groups is 1. The molecule has 0 aliphatic carbocycles. The molecule has 3 nitrogen and oxygen atoms in total. The number of hydrogen-bond donors (Lipinski definition) is 2. The van der Waals surface area contributed by atoms with Gasteiger partial charge in [0.15, 0.2) is 0 Å². The van der Waals surface area contributed by atoms with Gasteiger partial charge in [0, 0.05) is 0 Å². The van der Waals surface area contributed by atoms with Crippen LogP contribution in [-0.2, 0) is 0 Å². The number of nitrogens with two attached hydrogens (primary N) is 1. The van der Waals surface area contributed by atoms with Crippen molar-refractivity contribution in [2.24, 2.45) is 5.73 Å². The number of nitrogens with one attached hydrogen (secondary N) is 1. The van der Waals surface area contributed by atoms with Crippen LogP contribution in [-0.4, -0.2) is 6.03 Å². The molecule has 2 aromatic rings. The lowest BCUT2D eigenvalue weighted by molar-refractivity contribution is 0.247. The Bertz CT molecular complexity index is 576. The number of primary amides is 1. The van der Waals surface area contributed by atoms with E-state index >= 15 is 0 Å². The van der Waals surface area contributed by atoms with Gasteiger partial charge >= 0.3 is 6.03 Å². The van der Waals surface area contributed by atoms with Crippen molar-refractivity contribution in [2.75, 3.05) is 0 Å². The van der Waals surface area contributed by atoms with E-state index in [1.54, 1.807) is 0 Å². The van der Waals surface area contributed by atoms with Gasteiger partial charge in [-0.25, -0.2) is 4.79 Å². The second-order valence-corrected chi connectivity index (χ2v) is 4.71. The summed E-state index contributed by atoms with van der Waals surface area (Å²) < 4.78 is 0. The van der Waals surface area contributed by atoms with Crippen LogP contribution in [0, 0.1) is 13.8 Å². The fourth-order valence-electron chi connectivity index (χ4n) is 2.15. The maximum atomic E-state index is 11.2. The van der Waals surface area contributed by atoms with Crippen LogP contribution >= 0.6 is 0 Å². The number of hydrogen-bond acceptors (Lipinski definition) is 1. The number of carbonyl (C=O) groups excluding carboxylic acids is 1. The zero-order chi connectivity index (χ0) is 13.8.